The van der Waals surface area contributed by atoms with E-state index < -0.39 is 24.0 Å². The molecule has 4 aliphatic rings. The lowest BCUT2D eigenvalue weighted by Gasteiger charge is -2.47. The zero-order valence-electron chi connectivity index (χ0n) is 23.6. The molecule has 0 radical (unpaired) electrons. The summed E-state index contributed by atoms with van der Waals surface area (Å²) in [5.74, 6) is -2.62. The maximum Gasteiger partial charge on any atom is 0.353 e. The van der Waals surface area contributed by atoms with Gasteiger partial charge in [-0.15, -0.1) is 16.9 Å². The number of hydrogen-bond donors (Lipinski definition) is 5. The summed E-state index contributed by atoms with van der Waals surface area (Å²) in [5.41, 5.74) is 5.50. The van der Waals surface area contributed by atoms with Gasteiger partial charge in [0.15, 0.2) is 0 Å². The molecule has 3 saturated heterocycles. The van der Waals surface area contributed by atoms with Crippen molar-refractivity contribution in [1.29, 1.82) is 0 Å². The van der Waals surface area contributed by atoms with E-state index in [1.165, 1.54) is 27.7 Å². The van der Waals surface area contributed by atoms with Crippen molar-refractivity contribution in [3.8, 4) is 0 Å². The number of aliphatic carboxylic acids is 1. The minimum atomic E-state index is -1.16. The van der Waals surface area contributed by atoms with Crippen molar-refractivity contribution >= 4 is 35.5 Å². The number of β-amino-alcohol motifs (C(OH)–C–C–N with tert-alkyl or cyclic N) is 1. The van der Waals surface area contributed by atoms with Crippen LogP contribution < -0.4 is 16.4 Å². The molecule has 230 valence electrons. The standard InChI is InChI=1S/C25H38N10O6S/c1-13-20-19(14(2)29-18(37)11-34-12-28-30-31-34)24(39)35(20)21(25(40)41)22(13)42-16-7-17(27-9-16)23(38)33-5-3-32(4-6-33)10-15(36)8-26/h12-17,19-20,27,36H,3-11,26H2,1-2H3,(H,29,37)(H,40,41)/t13-,14?,15?,16+,17+,19-,20-/m1/s1. The molecule has 1 aromatic rings. The third kappa shape index (κ3) is 6.01. The van der Waals surface area contributed by atoms with E-state index in [0.29, 0.717) is 50.6 Å². The quantitative estimate of drug-likeness (QED) is 0.158. The van der Waals surface area contributed by atoms with Crippen LogP contribution in [0.15, 0.2) is 16.9 Å². The number of amides is 3. The van der Waals surface area contributed by atoms with Crippen LogP contribution in [0.5, 0.6) is 0 Å². The fraction of sp³-hybridized carbons (Fsp3) is 0.720. The molecule has 3 amide bonds. The number of tetrazole rings is 1. The number of carboxylic acid groups (broad SMARTS) is 1. The lowest BCUT2D eigenvalue weighted by Crippen LogP contribution is -2.66. The van der Waals surface area contributed by atoms with Crippen LogP contribution in [0, 0.1) is 11.8 Å². The second-order valence-corrected chi connectivity index (χ2v) is 12.7. The van der Waals surface area contributed by atoms with Crippen LogP contribution in [-0.4, -0.2) is 144 Å². The van der Waals surface area contributed by atoms with Crippen LogP contribution >= 0.6 is 11.8 Å². The van der Waals surface area contributed by atoms with Gasteiger partial charge in [-0.3, -0.25) is 19.3 Å². The molecule has 7 atom stereocenters. The van der Waals surface area contributed by atoms with E-state index in [2.05, 4.69) is 31.1 Å². The molecular weight excluding hydrogens is 568 g/mol. The number of aliphatic hydroxyl groups is 1. The number of nitrogens with two attached hydrogens (primary N) is 1. The van der Waals surface area contributed by atoms with Crippen molar-refractivity contribution in [1.82, 2.24) is 45.5 Å². The first kappa shape index (κ1) is 30.3. The molecule has 3 fully saturated rings. The predicted molar refractivity (Wildman–Crippen MR) is 149 cm³/mol. The molecule has 16 nitrogen and oxygen atoms in total. The SMILES string of the molecule is CC(NC(=O)Cn1cnnn1)[C@H]1C(=O)N2C(C(=O)O)=C(S[C@@H]3CN[C@H](C(=O)N4CCN(CC(O)CN)CC4)C3)[C@H](C)[C@H]12. The van der Waals surface area contributed by atoms with E-state index in [0.717, 1.165) is 0 Å². The minimum Gasteiger partial charge on any atom is -0.477 e. The largest absolute Gasteiger partial charge is 0.477 e. The van der Waals surface area contributed by atoms with Gasteiger partial charge in [0, 0.05) is 67.9 Å². The second-order valence-electron chi connectivity index (χ2n) is 11.3. The number of carbonyl (C=O) groups excluding carboxylic acids is 3. The van der Waals surface area contributed by atoms with Gasteiger partial charge in [-0.2, -0.15) is 0 Å². The Morgan fingerprint density at radius 1 is 1.26 bits per heavy atom. The Hall–Kier alpha value is -3.12. The molecule has 5 heterocycles. The fourth-order valence-corrected chi connectivity index (χ4v) is 7.87. The number of thioether (sulfide) groups is 1. The number of piperazine rings is 1. The van der Waals surface area contributed by atoms with Crippen molar-refractivity contribution in [2.45, 2.75) is 56.3 Å². The van der Waals surface area contributed by atoms with Crippen LogP contribution in [0.2, 0.25) is 0 Å². The molecule has 0 bridgehead atoms. The Kier molecular flexibility index (Phi) is 9.12. The highest BCUT2D eigenvalue weighted by atomic mass is 32.2. The van der Waals surface area contributed by atoms with Crippen LogP contribution in [-0.2, 0) is 25.7 Å². The highest BCUT2D eigenvalue weighted by molar-refractivity contribution is 8.03. The molecule has 6 N–H and O–H groups in total. The van der Waals surface area contributed by atoms with Crippen LogP contribution in [0.1, 0.15) is 20.3 Å². The molecule has 0 saturated carbocycles. The second kappa shape index (κ2) is 12.6. The number of carbonyl (C=O) groups is 4. The number of aromatic nitrogens is 4. The number of aliphatic hydroxyl groups excluding tert-OH is 1. The normalized spacial score (nSPS) is 29.3. The number of fused-ring (bicyclic) bond motifs is 1. The molecule has 2 unspecified atom stereocenters. The molecule has 0 spiro atoms. The highest BCUT2D eigenvalue weighted by Crippen LogP contribution is 2.51. The molecule has 0 aromatic carbocycles. The fourth-order valence-electron chi connectivity index (χ4n) is 6.39. The zero-order chi connectivity index (χ0) is 30.1. The van der Waals surface area contributed by atoms with E-state index in [-0.39, 0.29) is 59.8 Å². The van der Waals surface area contributed by atoms with Gasteiger partial charge in [0.1, 0.15) is 18.6 Å². The number of rotatable bonds is 11. The van der Waals surface area contributed by atoms with E-state index in [1.807, 2.05) is 11.8 Å². The van der Waals surface area contributed by atoms with Crippen molar-refractivity contribution in [3.05, 3.63) is 16.9 Å². The van der Waals surface area contributed by atoms with Crippen molar-refractivity contribution in [3.63, 3.8) is 0 Å². The molecule has 0 aliphatic carbocycles. The summed E-state index contributed by atoms with van der Waals surface area (Å²) < 4.78 is 1.27. The molecular formula is C25H38N10O6S. The molecule has 5 rings (SSSR count). The summed E-state index contributed by atoms with van der Waals surface area (Å²) in [6.07, 6.45) is 1.29. The summed E-state index contributed by atoms with van der Waals surface area (Å²) >= 11 is 1.43. The molecule has 17 heteroatoms. The first-order valence-electron chi connectivity index (χ1n) is 14.2. The summed E-state index contributed by atoms with van der Waals surface area (Å²) in [7, 11) is 0. The van der Waals surface area contributed by atoms with Crippen LogP contribution in [0.3, 0.4) is 0 Å². The number of nitrogens with one attached hydrogen (secondary N) is 2. The van der Waals surface area contributed by atoms with Crippen molar-refractivity contribution in [2.24, 2.45) is 17.6 Å². The first-order valence-corrected chi connectivity index (χ1v) is 15.1. The van der Waals surface area contributed by atoms with Crippen molar-refractivity contribution < 1.29 is 29.4 Å². The monoisotopic (exact) mass is 606 g/mol. The number of hydrogen-bond acceptors (Lipinski definition) is 12. The average molecular weight is 607 g/mol. The number of carboxylic acids is 1. The molecule has 1 aromatic heterocycles. The Bertz CT molecular complexity index is 1220. The first-order chi connectivity index (χ1) is 20.1. The van der Waals surface area contributed by atoms with Gasteiger partial charge in [-0.1, -0.05) is 6.92 Å². The highest BCUT2D eigenvalue weighted by Gasteiger charge is 2.60. The van der Waals surface area contributed by atoms with Gasteiger partial charge in [-0.25, -0.2) is 9.48 Å². The van der Waals surface area contributed by atoms with E-state index >= 15 is 0 Å². The summed E-state index contributed by atoms with van der Waals surface area (Å²) in [5, 5.41) is 36.6. The van der Waals surface area contributed by atoms with E-state index in [1.54, 1.807) is 6.92 Å². The van der Waals surface area contributed by atoms with Crippen molar-refractivity contribution in [2.75, 3.05) is 45.8 Å². The third-order valence-electron chi connectivity index (χ3n) is 8.52. The van der Waals surface area contributed by atoms with Gasteiger partial charge in [0.25, 0.3) is 0 Å². The number of nitrogens with zero attached hydrogens (tertiary/aromatic N) is 7. The topological polar surface area (TPSA) is 212 Å². The third-order valence-corrected chi connectivity index (χ3v) is 10.0. The van der Waals surface area contributed by atoms with Crippen LogP contribution in [0.4, 0.5) is 0 Å². The zero-order valence-corrected chi connectivity index (χ0v) is 24.4. The maximum absolute atomic E-state index is 13.2. The Morgan fingerprint density at radius 3 is 2.64 bits per heavy atom. The van der Waals surface area contributed by atoms with Crippen LogP contribution in [0.25, 0.3) is 0 Å². The summed E-state index contributed by atoms with van der Waals surface area (Å²) in [6.45, 7) is 7.28. The predicted octanol–water partition coefficient (Wildman–Crippen LogP) is -3.12. The lowest BCUT2D eigenvalue weighted by atomic mass is 9.78. The van der Waals surface area contributed by atoms with Gasteiger partial charge in [0.2, 0.25) is 17.7 Å². The van der Waals surface area contributed by atoms with Gasteiger partial charge < -0.3 is 36.4 Å². The summed E-state index contributed by atoms with van der Waals surface area (Å²) in [4.78, 5) is 57.1. The molecule has 4 aliphatic heterocycles. The van der Waals surface area contributed by atoms with E-state index in [9.17, 15) is 29.4 Å². The van der Waals surface area contributed by atoms with Gasteiger partial charge in [-0.05, 0) is 23.8 Å². The molecule has 42 heavy (non-hydrogen) atoms. The average Bonchev–Trinajstić information content (AvgIpc) is 3.69. The summed E-state index contributed by atoms with van der Waals surface area (Å²) in [6, 6.07) is -1.26. The number of β-lactam (4-membered cyclic amide) rings is 1. The maximum atomic E-state index is 13.2. The van der Waals surface area contributed by atoms with E-state index in [4.69, 9.17) is 5.73 Å². The lowest BCUT2D eigenvalue weighted by molar-refractivity contribution is -0.158. The van der Waals surface area contributed by atoms with Gasteiger partial charge >= 0.3 is 5.97 Å². The Morgan fingerprint density at radius 2 is 2.00 bits per heavy atom. The smallest absolute Gasteiger partial charge is 0.353 e. The van der Waals surface area contributed by atoms with Gasteiger partial charge in [0.05, 0.1) is 24.1 Å². The Labute approximate surface area is 247 Å². The Balaban J connectivity index is 1.17. The minimum absolute atomic E-state index is 0.00321.